The van der Waals surface area contributed by atoms with Gasteiger partial charge in [-0.1, -0.05) is 0 Å². The van der Waals surface area contributed by atoms with E-state index in [0.717, 1.165) is 0 Å². The second kappa shape index (κ2) is 5.95. The number of anilines is 1. The Hall–Kier alpha value is -3.66. The molecular weight excluding hydrogens is 346 g/mol. The third-order valence-electron chi connectivity index (χ3n) is 4.16. The van der Waals surface area contributed by atoms with Crippen LogP contribution in [0, 0.1) is 18.3 Å². The van der Waals surface area contributed by atoms with Crippen molar-refractivity contribution in [3.8, 4) is 23.5 Å². The maximum atomic E-state index is 12.8. The lowest BCUT2D eigenvalue weighted by atomic mass is 10.1. The summed E-state index contributed by atoms with van der Waals surface area (Å²) in [5, 5.41) is 12.4. The lowest BCUT2D eigenvalue weighted by Gasteiger charge is -2.16. The van der Waals surface area contributed by atoms with Crippen molar-refractivity contribution < 1.29 is 18.7 Å². The molecule has 7 nitrogen and oxygen atoms in total. The average Bonchev–Trinajstić information content (AvgIpc) is 3.29. The maximum absolute atomic E-state index is 12.8. The maximum Gasteiger partial charge on any atom is 0.260 e. The number of nitriles is 1. The molecule has 136 valence electrons. The summed E-state index contributed by atoms with van der Waals surface area (Å²) in [6.07, 6.45) is 3.50. The van der Waals surface area contributed by atoms with E-state index in [-0.39, 0.29) is 11.1 Å². The normalized spacial score (nSPS) is 14.0. The zero-order chi connectivity index (χ0) is 19.2. The van der Waals surface area contributed by atoms with Crippen molar-refractivity contribution in [2.75, 3.05) is 5.32 Å². The van der Waals surface area contributed by atoms with E-state index in [1.54, 1.807) is 42.1 Å². The highest BCUT2D eigenvalue weighted by atomic mass is 16.7. The molecule has 0 saturated heterocycles. The van der Waals surface area contributed by atoms with Crippen molar-refractivity contribution >= 4 is 11.6 Å². The third-order valence-corrected chi connectivity index (χ3v) is 4.16. The fourth-order valence-electron chi connectivity index (χ4n) is 3.05. The van der Waals surface area contributed by atoms with Crippen LogP contribution in [0.15, 0.2) is 47.1 Å². The van der Waals surface area contributed by atoms with Crippen LogP contribution < -0.4 is 14.8 Å². The van der Waals surface area contributed by atoms with Gasteiger partial charge in [0.05, 0.1) is 0 Å². The first-order chi connectivity index (χ1) is 12.9. The summed E-state index contributed by atoms with van der Waals surface area (Å²) < 4.78 is 18.7. The summed E-state index contributed by atoms with van der Waals surface area (Å²) in [6, 6.07) is 10.8. The molecule has 1 amide bonds. The lowest BCUT2D eigenvalue weighted by molar-refractivity contribution is -0.0431. The predicted molar refractivity (Wildman–Crippen MR) is 97.2 cm³/mol. The van der Waals surface area contributed by atoms with Crippen LogP contribution in [0.2, 0.25) is 0 Å². The minimum absolute atomic E-state index is 0.183. The summed E-state index contributed by atoms with van der Waals surface area (Å²) in [7, 11) is 0. The van der Waals surface area contributed by atoms with Crippen molar-refractivity contribution in [2.45, 2.75) is 26.6 Å². The first kappa shape index (κ1) is 16.8. The van der Waals surface area contributed by atoms with Gasteiger partial charge in [-0.25, -0.2) is 0 Å². The molecule has 0 saturated carbocycles. The Morgan fingerprint density at radius 2 is 1.89 bits per heavy atom. The van der Waals surface area contributed by atoms with E-state index in [2.05, 4.69) is 11.4 Å². The quantitative estimate of drug-likeness (QED) is 0.759. The number of carbonyl (C=O) groups excluding carboxylic acids is 1. The Morgan fingerprint density at radius 1 is 1.19 bits per heavy atom. The summed E-state index contributed by atoms with van der Waals surface area (Å²) >= 11 is 0. The van der Waals surface area contributed by atoms with Crippen molar-refractivity contribution in [3.05, 3.63) is 59.6 Å². The SMILES string of the molecule is Cc1oc(-n2cccc2)c(C#N)c1C(=O)Nc1ccc2c(c1)OC(C)(C)O2. The predicted octanol–water partition coefficient (Wildman–Crippen LogP) is 4.01. The minimum atomic E-state index is -0.744. The molecule has 0 radical (unpaired) electrons. The number of hydrogen-bond acceptors (Lipinski definition) is 5. The first-order valence-corrected chi connectivity index (χ1v) is 8.38. The van der Waals surface area contributed by atoms with Crippen LogP contribution in [-0.2, 0) is 0 Å². The molecule has 1 aliphatic heterocycles. The number of aryl methyl sites for hydroxylation is 1. The van der Waals surface area contributed by atoms with E-state index < -0.39 is 11.7 Å². The molecule has 4 rings (SSSR count). The Bertz CT molecular complexity index is 1070. The number of aromatic nitrogens is 1. The highest BCUT2D eigenvalue weighted by molar-refractivity contribution is 6.07. The standard InChI is InChI=1S/C20H17N3O4/c1-12-17(14(11-21)19(25-12)23-8-4-5-9-23)18(24)22-13-6-7-15-16(10-13)27-20(2,3)26-15/h4-10H,1-3H3,(H,22,24). The molecule has 0 atom stereocenters. The van der Waals surface area contributed by atoms with Gasteiger partial charge in [-0.3, -0.25) is 9.36 Å². The number of benzene rings is 1. The molecule has 0 spiro atoms. The van der Waals surface area contributed by atoms with Crippen LogP contribution >= 0.6 is 0 Å². The Labute approximate surface area is 155 Å². The molecular formula is C20H17N3O4. The van der Waals surface area contributed by atoms with Gasteiger partial charge in [-0.15, -0.1) is 0 Å². The number of hydrogen-bond donors (Lipinski definition) is 1. The number of nitrogens with zero attached hydrogens (tertiary/aromatic N) is 2. The molecule has 0 unspecified atom stereocenters. The summed E-state index contributed by atoms with van der Waals surface area (Å²) in [5.41, 5.74) is 0.925. The zero-order valence-corrected chi connectivity index (χ0v) is 15.1. The van der Waals surface area contributed by atoms with Gasteiger partial charge >= 0.3 is 0 Å². The Morgan fingerprint density at radius 3 is 2.59 bits per heavy atom. The highest BCUT2D eigenvalue weighted by Gasteiger charge is 2.32. The van der Waals surface area contributed by atoms with E-state index in [1.807, 2.05) is 26.0 Å². The van der Waals surface area contributed by atoms with Gasteiger partial charge in [0, 0.05) is 38.0 Å². The van der Waals surface area contributed by atoms with E-state index >= 15 is 0 Å². The number of ether oxygens (including phenoxy) is 2. The second-order valence-corrected chi connectivity index (χ2v) is 6.64. The minimum Gasteiger partial charge on any atom is -0.449 e. The Balaban J connectivity index is 1.65. The summed E-state index contributed by atoms with van der Waals surface area (Å²) in [5.74, 6) is 0.683. The van der Waals surface area contributed by atoms with Crippen molar-refractivity contribution in [1.29, 1.82) is 5.26 Å². The smallest absolute Gasteiger partial charge is 0.260 e. The van der Waals surface area contributed by atoms with Gasteiger partial charge < -0.3 is 19.2 Å². The molecule has 7 heteroatoms. The zero-order valence-electron chi connectivity index (χ0n) is 15.1. The highest BCUT2D eigenvalue weighted by Crippen LogP contribution is 2.40. The monoisotopic (exact) mass is 363 g/mol. The number of rotatable bonds is 3. The van der Waals surface area contributed by atoms with E-state index in [0.29, 0.717) is 28.8 Å². The molecule has 3 aromatic rings. The number of carbonyl (C=O) groups is 1. The van der Waals surface area contributed by atoms with E-state index in [9.17, 15) is 10.1 Å². The molecule has 3 heterocycles. The number of amides is 1. The van der Waals surface area contributed by atoms with Gasteiger partial charge in [0.25, 0.3) is 5.91 Å². The fraction of sp³-hybridized carbons (Fsp3) is 0.200. The molecule has 0 aliphatic carbocycles. The van der Waals surface area contributed by atoms with Gasteiger partial charge in [0.2, 0.25) is 11.7 Å². The van der Waals surface area contributed by atoms with Gasteiger partial charge in [0.1, 0.15) is 23.0 Å². The van der Waals surface area contributed by atoms with Crippen molar-refractivity contribution in [3.63, 3.8) is 0 Å². The van der Waals surface area contributed by atoms with E-state index in [1.165, 1.54) is 0 Å². The fourth-order valence-corrected chi connectivity index (χ4v) is 3.05. The molecule has 1 N–H and O–H groups in total. The summed E-state index contributed by atoms with van der Waals surface area (Å²) in [6.45, 7) is 5.27. The van der Waals surface area contributed by atoms with E-state index in [4.69, 9.17) is 13.9 Å². The molecule has 1 aliphatic rings. The number of nitrogens with one attached hydrogen (secondary N) is 1. The lowest BCUT2D eigenvalue weighted by Crippen LogP contribution is -2.29. The van der Waals surface area contributed by atoms with Gasteiger partial charge in [0.15, 0.2) is 11.5 Å². The van der Waals surface area contributed by atoms with Gasteiger partial charge in [-0.05, 0) is 31.2 Å². The third kappa shape index (κ3) is 2.91. The largest absolute Gasteiger partial charge is 0.449 e. The van der Waals surface area contributed by atoms with Crippen LogP contribution in [0.5, 0.6) is 11.5 Å². The van der Waals surface area contributed by atoms with Crippen LogP contribution in [0.3, 0.4) is 0 Å². The summed E-state index contributed by atoms with van der Waals surface area (Å²) in [4.78, 5) is 12.8. The second-order valence-electron chi connectivity index (χ2n) is 6.64. The molecule has 1 aromatic carbocycles. The average molecular weight is 363 g/mol. The molecule has 27 heavy (non-hydrogen) atoms. The first-order valence-electron chi connectivity index (χ1n) is 8.38. The number of furan rings is 1. The van der Waals surface area contributed by atoms with Crippen molar-refractivity contribution in [1.82, 2.24) is 4.57 Å². The van der Waals surface area contributed by atoms with Crippen molar-refractivity contribution in [2.24, 2.45) is 0 Å². The molecule has 2 aromatic heterocycles. The van der Waals surface area contributed by atoms with Crippen LogP contribution in [0.25, 0.3) is 5.88 Å². The number of fused-ring (bicyclic) bond motifs is 1. The molecule has 0 bridgehead atoms. The van der Waals surface area contributed by atoms with Crippen LogP contribution in [0.1, 0.15) is 35.5 Å². The van der Waals surface area contributed by atoms with Gasteiger partial charge in [-0.2, -0.15) is 5.26 Å². The molecule has 0 fully saturated rings. The van der Waals surface area contributed by atoms with Crippen LogP contribution in [0.4, 0.5) is 5.69 Å². The topological polar surface area (TPSA) is 89.4 Å². The Kier molecular flexibility index (Phi) is 3.70. The van der Waals surface area contributed by atoms with Crippen LogP contribution in [-0.4, -0.2) is 16.3 Å².